The Morgan fingerprint density at radius 2 is 2.19 bits per heavy atom. The molecular formula is C17H20N4O4S. The molecule has 1 aromatic carbocycles. The van der Waals surface area contributed by atoms with Gasteiger partial charge in [0.05, 0.1) is 10.6 Å². The van der Waals surface area contributed by atoms with E-state index in [9.17, 15) is 20.0 Å². The molecule has 0 radical (unpaired) electrons. The highest BCUT2D eigenvalue weighted by molar-refractivity contribution is 7.13. The molecule has 1 aromatic heterocycles. The minimum absolute atomic E-state index is 0.134. The van der Waals surface area contributed by atoms with E-state index in [1.807, 2.05) is 5.38 Å². The number of aromatic hydroxyl groups is 1. The molecule has 1 saturated heterocycles. The Morgan fingerprint density at radius 3 is 2.85 bits per heavy atom. The normalized spacial score (nSPS) is 15.7. The van der Waals surface area contributed by atoms with E-state index in [4.69, 9.17) is 0 Å². The van der Waals surface area contributed by atoms with E-state index in [0.717, 1.165) is 43.4 Å². The molecule has 0 atom stereocenters. The fourth-order valence-corrected chi connectivity index (χ4v) is 3.57. The molecule has 0 bridgehead atoms. The molecule has 0 saturated carbocycles. The molecule has 0 spiro atoms. The number of phenolic OH excluding ortho intramolecular Hbond substituents is 1. The first kappa shape index (κ1) is 18.3. The zero-order valence-corrected chi connectivity index (χ0v) is 15.2. The molecule has 26 heavy (non-hydrogen) atoms. The average molecular weight is 376 g/mol. The van der Waals surface area contributed by atoms with Crippen LogP contribution in [0.2, 0.25) is 0 Å². The maximum Gasteiger partial charge on any atom is 0.310 e. The highest BCUT2D eigenvalue weighted by Gasteiger charge is 2.19. The lowest BCUT2D eigenvalue weighted by Crippen LogP contribution is -2.32. The summed E-state index contributed by atoms with van der Waals surface area (Å²) in [6, 6.07) is 3.49. The highest BCUT2D eigenvalue weighted by Crippen LogP contribution is 2.27. The summed E-state index contributed by atoms with van der Waals surface area (Å²) in [7, 11) is 0. The number of likely N-dealkylation sites (tertiary alicyclic amines) is 1. The molecule has 0 unspecified atom stereocenters. The quantitative estimate of drug-likeness (QED) is 0.612. The Labute approximate surface area is 154 Å². The number of nitrogens with zero attached hydrogens (tertiary/aromatic N) is 3. The number of piperidine rings is 1. The van der Waals surface area contributed by atoms with Gasteiger partial charge in [0, 0.05) is 23.6 Å². The van der Waals surface area contributed by atoms with Gasteiger partial charge in [-0.2, -0.15) is 0 Å². The van der Waals surface area contributed by atoms with Crippen molar-refractivity contribution in [2.24, 2.45) is 5.92 Å². The molecular weight excluding hydrogens is 356 g/mol. The Kier molecular flexibility index (Phi) is 5.48. The van der Waals surface area contributed by atoms with Crippen LogP contribution in [0.1, 0.15) is 35.8 Å². The van der Waals surface area contributed by atoms with E-state index >= 15 is 0 Å². The van der Waals surface area contributed by atoms with Crippen molar-refractivity contribution < 1.29 is 14.8 Å². The standard InChI is InChI=1S/C17H20N4O4S/c1-11-4-6-20(7-5-11)9-13-10-26-17(18-13)19-16(23)12-2-3-14(21(24)25)15(22)8-12/h2-3,8,10-11,22H,4-7,9H2,1H3,(H,18,19,23). The van der Waals surface area contributed by atoms with Crippen LogP contribution in [0.5, 0.6) is 5.75 Å². The van der Waals surface area contributed by atoms with E-state index in [0.29, 0.717) is 5.13 Å². The lowest BCUT2D eigenvalue weighted by Gasteiger charge is -2.29. The Bertz CT molecular complexity index is 815. The Hall–Kier alpha value is -2.52. The molecule has 2 aromatic rings. The second-order valence-corrected chi connectivity index (χ2v) is 7.38. The third-order valence-electron chi connectivity index (χ3n) is 4.47. The Balaban J connectivity index is 1.61. The third kappa shape index (κ3) is 4.36. The highest BCUT2D eigenvalue weighted by atomic mass is 32.1. The fourth-order valence-electron chi connectivity index (χ4n) is 2.87. The number of benzene rings is 1. The van der Waals surface area contributed by atoms with Crippen LogP contribution in [0.25, 0.3) is 0 Å². The van der Waals surface area contributed by atoms with Gasteiger partial charge in [-0.3, -0.25) is 25.1 Å². The van der Waals surface area contributed by atoms with Gasteiger partial charge in [0.2, 0.25) is 0 Å². The maximum absolute atomic E-state index is 12.2. The summed E-state index contributed by atoms with van der Waals surface area (Å²) in [5, 5.41) is 25.4. The number of hydrogen-bond donors (Lipinski definition) is 2. The number of hydrogen-bond acceptors (Lipinski definition) is 7. The van der Waals surface area contributed by atoms with Gasteiger partial charge in [0.15, 0.2) is 10.9 Å². The monoisotopic (exact) mass is 376 g/mol. The smallest absolute Gasteiger partial charge is 0.310 e. The predicted octanol–water partition coefficient (Wildman–Crippen LogP) is 3.24. The molecule has 3 rings (SSSR count). The maximum atomic E-state index is 12.2. The van der Waals surface area contributed by atoms with E-state index in [1.165, 1.54) is 30.2 Å². The minimum atomic E-state index is -0.703. The van der Waals surface area contributed by atoms with Gasteiger partial charge in [0.25, 0.3) is 5.91 Å². The summed E-state index contributed by atoms with van der Waals surface area (Å²) in [5.41, 5.74) is 0.607. The van der Waals surface area contributed by atoms with Crippen molar-refractivity contribution in [1.29, 1.82) is 0 Å². The number of thiazole rings is 1. The van der Waals surface area contributed by atoms with Gasteiger partial charge in [-0.05, 0) is 44.0 Å². The van der Waals surface area contributed by atoms with Crippen LogP contribution in [-0.4, -0.2) is 38.9 Å². The number of nitro benzene ring substituents is 1. The number of nitro groups is 1. The van der Waals surface area contributed by atoms with Crippen molar-refractivity contribution in [3.05, 3.63) is 45.0 Å². The van der Waals surface area contributed by atoms with E-state index < -0.39 is 22.3 Å². The van der Waals surface area contributed by atoms with Gasteiger partial charge in [-0.25, -0.2) is 4.98 Å². The molecule has 1 amide bonds. The number of nitrogens with one attached hydrogen (secondary N) is 1. The molecule has 9 heteroatoms. The zero-order valence-electron chi connectivity index (χ0n) is 14.3. The van der Waals surface area contributed by atoms with Crippen molar-refractivity contribution in [3.63, 3.8) is 0 Å². The first-order chi connectivity index (χ1) is 12.4. The van der Waals surface area contributed by atoms with E-state index in [1.54, 1.807) is 0 Å². The lowest BCUT2D eigenvalue weighted by molar-refractivity contribution is -0.385. The summed E-state index contributed by atoms with van der Waals surface area (Å²) in [4.78, 5) is 29.0. The largest absolute Gasteiger partial charge is 0.502 e. The lowest BCUT2D eigenvalue weighted by atomic mass is 9.99. The van der Waals surface area contributed by atoms with Crippen LogP contribution in [0.15, 0.2) is 23.6 Å². The summed E-state index contributed by atoms with van der Waals surface area (Å²) in [5.74, 6) is -0.237. The fraction of sp³-hybridized carbons (Fsp3) is 0.412. The van der Waals surface area contributed by atoms with Crippen LogP contribution in [0.3, 0.4) is 0 Å². The number of aromatic nitrogens is 1. The molecule has 1 aliphatic rings. The molecule has 2 N–H and O–H groups in total. The number of phenols is 1. The van der Waals surface area contributed by atoms with Crippen LogP contribution < -0.4 is 5.32 Å². The number of rotatable bonds is 5. The first-order valence-corrected chi connectivity index (χ1v) is 9.26. The van der Waals surface area contributed by atoms with Crippen LogP contribution in [0, 0.1) is 16.0 Å². The summed E-state index contributed by atoms with van der Waals surface area (Å²) in [6.07, 6.45) is 2.38. The predicted molar refractivity (Wildman–Crippen MR) is 98.5 cm³/mol. The van der Waals surface area contributed by atoms with Crippen LogP contribution in [0.4, 0.5) is 10.8 Å². The topological polar surface area (TPSA) is 109 Å². The van der Waals surface area contributed by atoms with Crippen LogP contribution >= 0.6 is 11.3 Å². The second kappa shape index (κ2) is 7.79. The molecule has 0 aliphatic carbocycles. The summed E-state index contributed by atoms with van der Waals surface area (Å²) in [6.45, 7) is 5.14. The zero-order chi connectivity index (χ0) is 18.7. The molecule has 1 fully saturated rings. The summed E-state index contributed by atoms with van der Waals surface area (Å²) < 4.78 is 0. The van der Waals surface area contributed by atoms with Gasteiger partial charge in [-0.1, -0.05) is 6.92 Å². The molecule has 138 valence electrons. The van der Waals surface area contributed by atoms with Gasteiger partial charge >= 0.3 is 5.69 Å². The summed E-state index contributed by atoms with van der Waals surface area (Å²) >= 11 is 1.33. The van der Waals surface area contributed by atoms with E-state index in [2.05, 4.69) is 22.1 Å². The molecule has 1 aliphatic heterocycles. The van der Waals surface area contributed by atoms with Crippen molar-refractivity contribution in [1.82, 2.24) is 9.88 Å². The van der Waals surface area contributed by atoms with Gasteiger partial charge < -0.3 is 5.11 Å². The molecule has 2 heterocycles. The van der Waals surface area contributed by atoms with Crippen molar-refractivity contribution in [2.75, 3.05) is 18.4 Å². The average Bonchev–Trinajstić information content (AvgIpc) is 3.03. The minimum Gasteiger partial charge on any atom is -0.502 e. The number of carbonyl (C=O) groups is 1. The third-order valence-corrected chi connectivity index (χ3v) is 5.27. The first-order valence-electron chi connectivity index (χ1n) is 8.38. The number of carbonyl (C=O) groups excluding carboxylic acids is 1. The van der Waals surface area contributed by atoms with Crippen LogP contribution in [-0.2, 0) is 6.54 Å². The number of amides is 1. The van der Waals surface area contributed by atoms with Gasteiger partial charge in [0.1, 0.15) is 0 Å². The second-order valence-electron chi connectivity index (χ2n) is 6.52. The Morgan fingerprint density at radius 1 is 1.46 bits per heavy atom. The number of anilines is 1. The SMILES string of the molecule is CC1CCN(Cc2csc(NC(=O)c3ccc([N+](=O)[O-])c(O)c3)n2)CC1. The van der Waals surface area contributed by atoms with Crippen molar-refractivity contribution in [3.8, 4) is 5.75 Å². The van der Waals surface area contributed by atoms with Crippen molar-refractivity contribution >= 4 is 28.1 Å². The van der Waals surface area contributed by atoms with E-state index in [-0.39, 0.29) is 5.56 Å². The van der Waals surface area contributed by atoms with Crippen molar-refractivity contribution in [2.45, 2.75) is 26.3 Å². The molecule has 8 nitrogen and oxygen atoms in total. The van der Waals surface area contributed by atoms with Gasteiger partial charge in [-0.15, -0.1) is 11.3 Å².